The van der Waals surface area contributed by atoms with Gasteiger partial charge in [0.2, 0.25) is 5.91 Å². The van der Waals surface area contributed by atoms with Gasteiger partial charge in [0.1, 0.15) is 5.75 Å². The molecule has 0 aliphatic heterocycles. The van der Waals surface area contributed by atoms with Crippen molar-refractivity contribution in [2.24, 2.45) is 0 Å². The zero-order valence-corrected chi connectivity index (χ0v) is 13.8. The molecule has 0 fully saturated rings. The maximum Gasteiger partial charge on any atom is 0.335 e. The van der Waals surface area contributed by atoms with Gasteiger partial charge in [-0.2, -0.15) is 0 Å². The quantitative estimate of drug-likeness (QED) is 0.779. The monoisotopic (exact) mass is 375 g/mol. The number of carbonyl (C=O) groups is 2. The molecule has 5 nitrogen and oxygen atoms in total. The first-order valence-electron chi connectivity index (χ1n) is 6.65. The summed E-state index contributed by atoms with van der Waals surface area (Å²) in [5.41, 5.74) is 1.28. The fourth-order valence-corrected chi connectivity index (χ4v) is 2.29. The van der Waals surface area contributed by atoms with Crippen molar-refractivity contribution in [3.63, 3.8) is 0 Å². The highest BCUT2D eigenvalue weighted by Crippen LogP contribution is 2.24. The Morgan fingerprint density at radius 3 is 2.70 bits per heavy atom. The summed E-state index contributed by atoms with van der Waals surface area (Å²) in [5.74, 6) is -0.768. The molecular weight excluding hydrogens is 362 g/mol. The lowest BCUT2D eigenvalue weighted by atomic mass is 10.2. The maximum absolute atomic E-state index is 12.0. The smallest absolute Gasteiger partial charge is 0.335 e. The van der Waals surface area contributed by atoms with Crippen molar-refractivity contribution < 1.29 is 19.4 Å². The lowest BCUT2D eigenvalue weighted by molar-refractivity contribution is -0.111. The second-order valence-electron chi connectivity index (χ2n) is 4.59. The number of benzene rings is 2. The Hall–Kier alpha value is -2.60. The van der Waals surface area contributed by atoms with Gasteiger partial charge in [0.15, 0.2) is 0 Å². The minimum atomic E-state index is -1.05. The third kappa shape index (κ3) is 4.69. The Labute approximate surface area is 141 Å². The van der Waals surface area contributed by atoms with E-state index >= 15 is 0 Å². The van der Waals surface area contributed by atoms with Gasteiger partial charge < -0.3 is 15.2 Å². The summed E-state index contributed by atoms with van der Waals surface area (Å²) >= 11 is 3.36. The molecule has 23 heavy (non-hydrogen) atoms. The number of amides is 1. The van der Waals surface area contributed by atoms with E-state index in [9.17, 15) is 9.59 Å². The molecule has 0 saturated carbocycles. The SMILES string of the molecule is COc1ccc(Br)cc1/C=C/C(=O)Nc1cccc(C(=O)O)c1. The summed E-state index contributed by atoms with van der Waals surface area (Å²) in [6.07, 6.45) is 2.98. The Bertz CT molecular complexity index is 771. The number of rotatable bonds is 5. The van der Waals surface area contributed by atoms with E-state index in [1.54, 1.807) is 31.4 Å². The normalized spacial score (nSPS) is 10.5. The van der Waals surface area contributed by atoms with Crippen LogP contribution in [-0.2, 0) is 4.79 Å². The molecule has 1 amide bonds. The molecule has 2 aromatic rings. The standard InChI is InChI=1S/C17H14BrNO4/c1-23-15-7-6-13(18)9-11(15)5-8-16(20)19-14-4-2-3-12(10-14)17(21)22/h2-10H,1H3,(H,19,20)(H,21,22)/b8-5+. The number of carboxylic acids is 1. The van der Waals surface area contributed by atoms with Gasteiger partial charge in [-0.05, 0) is 42.5 Å². The van der Waals surface area contributed by atoms with Crippen LogP contribution in [0.15, 0.2) is 53.0 Å². The fourth-order valence-electron chi connectivity index (χ4n) is 1.91. The van der Waals surface area contributed by atoms with Crippen LogP contribution in [-0.4, -0.2) is 24.1 Å². The van der Waals surface area contributed by atoms with Crippen molar-refractivity contribution in [3.8, 4) is 5.75 Å². The molecule has 0 bridgehead atoms. The van der Waals surface area contributed by atoms with Crippen molar-refractivity contribution in [1.29, 1.82) is 0 Å². The van der Waals surface area contributed by atoms with Crippen LogP contribution in [0.5, 0.6) is 5.75 Å². The summed E-state index contributed by atoms with van der Waals surface area (Å²) in [6.45, 7) is 0. The van der Waals surface area contributed by atoms with Crippen molar-refractivity contribution in [3.05, 3.63) is 64.1 Å². The van der Waals surface area contributed by atoms with E-state index in [4.69, 9.17) is 9.84 Å². The summed E-state index contributed by atoms with van der Waals surface area (Å²) < 4.78 is 6.09. The van der Waals surface area contributed by atoms with Crippen molar-refractivity contribution in [1.82, 2.24) is 0 Å². The van der Waals surface area contributed by atoms with E-state index in [1.807, 2.05) is 12.1 Å². The zero-order chi connectivity index (χ0) is 16.8. The Kier molecular flexibility index (Phi) is 5.54. The van der Waals surface area contributed by atoms with Gasteiger partial charge in [0.25, 0.3) is 0 Å². The van der Waals surface area contributed by atoms with E-state index in [-0.39, 0.29) is 11.5 Å². The van der Waals surface area contributed by atoms with Crippen LogP contribution in [0.25, 0.3) is 6.08 Å². The highest BCUT2D eigenvalue weighted by atomic mass is 79.9. The number of ether oxygens (including phenoxy) is 1. The van der Waals surface area contributed by atoms with Crippen LogP contribution >= 0.6 is 15.9 Å². The van der Waals surface area contributed by atoms with Gasteiger partial charge in [0.05, 0.1) is 12.7 Å². The minimum Gasteiger partial charge on any atom is -0.496 e. The first kappa shape index (κ1) is 16.8. The molecule has 6 heteroatoms. The first-order chi connectivity index (χ1) is 11.0. The molecule has 0 unspecified atom stereocenters. The van der Waals surface area contributed by atoms with Gasteiger partial charge in [0, 0.05) is 21.8 Å². The lowest BCUT2D eigenvalue weighted by Gasteiger charge is -2.05. The molecule has 0 spiro atoms. The number of halogens is 1. The van der Waals surface area contributed by atoms with E-state index in [0.717, 1.165) is 10.0 Å². The molecule has 0 radical (unpaired) electrons. The third-order valence-electron chi connectivity index (χ3n) is 2.98. The molecule has 118 valence electrons. The van der Waals surface area contributed by atoms with Crippen molar-refractivity contribution in [2.45, 2.75) is 0 Å². The van der Waals surface area contributed by atoms with Crippen molar-refractivity contribution in [2.75, 3.05) is 12.4 Å². The lowest BCUT2D eigenvalue weighted by Crippen LogP contribution is -2.08. The van der Waals surface area contributed by atoms with Crippen LogP contribution in [0.3, 0.4) is 0 Å². The molecule has 0 saturated heterocycles. The minimum absolute atomic E-state index is 0.112. The van der Waals surface area contributed by atoms with E-state index in [2.05, 4.69) is 21.2 Å². The van der Waals surface area contributed by atoms with Gasteiger partial charge in [-0.15, -0.1) is 0 Å². The van der Waals surface area contributed by atoms with Crippen LogP contribution < -0.4 is 10.1 Å². The Balaban J connectivity index is 2.12. The Morgan fingerprint density at radius 2 is 2.00 bits per heavy atom. The molecule has 2 rings (SSSR count). The summed E-state index contributed by atoms with van der Waals surface area (Å²) in [4.78, 5) is 22.9. The van der Waals surface area contributed by atoms with Crippen LogP contribution in [0.1, 0.15) is 15.9 Å². The predicted molar refractivity (Wildman–Crippen MR) is 91.8 cm³/mol. The molecule has 2 N–H and O–H groups in total. The van der Waals surface area contributed by atoms with Gasteiger partial charge in [-0.25, -0.2) is 4.79 Å². The number of carbonyl (C=O) groups excluding carboxylic acids is 1. The average molecular weight is 376 g/mol. The summed E-state index contributed by atoms with van der Waals surface area (Å²) in [6, 6.07) is 11.5. The van der Waals surface area contributed by atoms with E-state index in [0.29, 0.717) is 11.4 Å². The van der Waals surface area contributed by atoms with Crippen LogP contribution in [0, 0.1) is 0 Å². The second-order valence-corrected chi connectivity index (χ2v) is 5.51. The topological polar surface area (TPSA) is 75.6 Å². The molecule has 0 atom stereocenters. The number of anilines is 1. The first-order valence-corrected chi connectivity index (χ1v) is 7.45. The van der Waals surface area contributed by atoms with Gasteiger partial charge >= 0.3 is 5.97 Å². The number of nitrogens with one attached hydrogen (secondary N) is 1. The predicted octanol–water partition coefficient (Wildman–Crippen LogP) is 3.81. The number of carboxylic acid groups (broad SMARTS) is 1. The maximum atomic E-state index is 12.0. The highest BCUT2D eigenvalue weighted by Gasteiger charge is 2.05. The average Bonchev–Trinajstić information content (AvgIpc) is 2.53. The van der Waals surface area contributed by atoms with Gasteiger partial charge in [-0.3, -0.25) is 4.79 Å². The molecule has 0 aliphatic carbocycles. The number of methoxy groups -OCH3 is 1. The molecule has 0 aromatic heterocycles. The molecular formula is C17H14BrNO4. The number of hydrogen-bond donors (Lipinski definition) is 2. The third-order valence-corrected chi connectivity index (χ3v) is 3.48. The second kappa shape index (κ2) is 7.60. The van der Waals surface area contributed by atoms with Crippen LogP contribution in [0.4, 0.5) is 5.69 Å². The summed E-state index contributed by atoms with van der Waals surface area (Å²) in [5, 5.41) is 11.6. The van der Waals surface area contributed by atoms with Gasteiger partial charge in [-0.1, -0.05) is 22.0 Å². The van der Waals surface area contributed by atoms with Crippen LogP contribution in [0.2, 0.25) is 0 Å². The zero-order valence-electron chi connectivity index (χ0n) is 12.2. The summed E-state index contributed by atoms with van der Waals surface area (Å²) in [7, 11) is 1.55. The molecule has 2 aromatic carbocycles. The van der Waals surface area contributed by atoms with Crippen molar-refractivity contribution >= 4 is 39.6 Å². The van der Waals surface area contributed by atoms with E-state index in [1.165, 1.54) is 18.2 Å². The highest BCUT2D eigenvalue weighted by molar-refractivity contribution is 9.10. The largest absolute Gasteiger partial charge is 0.496 e. The Morgan fingerprint density at radius 1 is 1.22 bits per heavy atom. The van der Waals surface area contributed by atoms with E-state index < -0.39 is 5.97 Å². The number of aromatic carboxylic acids is 1. The molecule has 0 heterocycles. The molecule has 0 aliphatic rings. The number of hydrogen-bond acceptors (Lipinski definition) is 3. The fraction of sp³-hybridized carbons (Fsp3) is 0.0588.